The van der Waals surface area contributed by atoms with Gasteiger partial charge in [-0.05, 0) is 30.4 Å². The minimum absolute atomic E-state index is 0.0174. The maximum atomic E-state index is 14.1. The summed E-state index contributed by atoms with van der Waals surface area (Å²) in [5.74, 6) is -1.42. The van der Waals surface area contributed by atoms with Crippen molar-refractivity contribution in [2.24, 2.45) is 5.41 Å². The fraction of sp³-hybridized carbons (Fsp3) is 0.375. The average molecular weight is 312 g/mol. The lowest BCUT2D eigenvalue weighted by atomic mass is 9.75. The van der Waals surface area contributed by atoms with Gasteiger partial charge < -0.3 is 9.67 Å². The highest BCUT2D eigenvalue weighted by Gasteiger charge is 2.34. The Hall–Kier alpha value is -1.39. The van der Waals surface area contributed by atoms with E-state index in [1.807, 2.05) is 0 Å². The molecule has 21 heavy (non-hydrogen) atoms. The van der Waals surface area contributed by atoms with Gasteiger partial charge in [0.05, 0.1) is 11.1 Å². The van der Waals surface area contributed by atoms with E-state index in [9.17, 15) is 13.9 Å². The number of aromatic nitrogens is 1. The molecule has 1 aliphatic carbocycles. The third kappa shape index (κ3) is 2.47. The van der Waals surface area contributed by atoms with Gasteiger partial charge in [-0.25, -0.2) is 8.78 Å². The molecule has 0 fully saturated rings. The molecular formula is C16H16ClF2NO. The van der Waals surface area contributed by atoms with E-state index < -0.39 is 17.7 Å². The molecule has 3 rings (SSSR count). The summed E-state index contributed by atoms with van der Waals surface area (Å²) in [5.41, 5.74) is 1.65. The standard InChI is InChI=1S/C16H16ClF2NO/c1-16(2)7-13-10(14(21)8-16)3-4-20(13)15-11(17)5-9(18)6-12(15)19/h3-6,14,21H,7-8H2,1-2H3. The Morgan fingerprint density at radius 2 is 2.05 bits per heavy atom. The van der Waals surface area contributed by atoms with Gasteiger partial charge in [-0.1, -0.05) is 25.4 Å². The van der Waals surface area contributed by atoms with Crippen molar-refractivity contribution in [2.45, 2.75) is 32.8 Å². The number of hydrogen-bond donors (Lipinski definition) is 1. The Bertz CT molecular complexity index is 685. The molecule has 0 saturated carbocycles. The maximum Gasteiger partial charge on any atom is 0.151 e. The summed E-state index contributed by atoms with van der Waals surface area (Å²) in [6, 6.07) is 3.68. The van der Waals surface area contributed by atoms with Crippen molar-refractivity contribution in [3.63, 3.8) is 0 Å². The van der Waals surface area contributed by atoms with E-state index in [1.54, 1.807) is 16.8 Å². The lowest BCUT2D eigenvalue weighted by molar-refractivity contribution is 0.0986. The van der Waals surface area contributed by atoms with Crippen LogP contribution < -0.4 is 0 Å². The summed E-state index contributed by atoms with van der Waals surface area (Å²) in [6.07, 6.45) is 2.45. The number of halogens is 3. The summed E-state index contributed by atoms with van der Waals surface area (Å²) in [5, 5.41) is 10.3. The molecule has 1 atom stereocenters. The molecule has 5 heteroatoms. The van der Waals surface area contributed by atoms with E-state index in [0.29, 0.717) is 12.8 Å². The molecule has 1 unspecified atom stereocenters. The normalized spacial score (nSPS) is 20.4. The second kappa shape index (κ2) is 4.82. The van der Waals surface area contributed by atoms with Crippen LogP contribution >= 0.6 is 11.6 Å². The molecule has 0 amide bonds. The Balaban J connectivity index is 2.19. The molecule has 1 heterocycles. The molecule has 0 saturated heterocycles. The zero-order valence-electron chi connectivity index (χ0n) is 11.8. The van der Waals surface area contributed by atoms with Crippen molar-refractivity contribution >= 4 is 11.6 Å². The number of fused-ring (bicyclic) bond motifs is 1. The summed E-state index contributed by atoms with van der Waals surface area (Å²) < 4.78 is 28.9. The molecule has 0 bridgehead atoms. The number of aliphatic hydroxyl groups excluding tert-OH is 1. The molecule has 1 aliphatic rings. The lowest BCUT2D eigenvalue weighted by Crippen LogP contribution is -2.26. The molecular weight excluding hydrogens is 296 g/mol. The van der Waals surface area contributed by atoms with Gasteiger partial charge in [-0.3, -0.25) is 0 Å². The predicted molar refractivity (Wildman–Crippen MR) is 77.8 cm³/mol. The van der Waals surface area contributed by atoms with Crippen LogP contribution in [0.15, 0.2) is 24.4 Å². The van der Waals surface area contributed by atoms with Crippen LogP contribution in [0.25, 0.3) is 5.69 Å². The summed E-state index contributed by atoms with van der Waals surface area (Å²) in [7, 11) is 0. The van der Waals surface area contributed by atoms with Gasteiger partial charge in [-0.2, -0.15) is 0 Å². The molecule has 112 valence electrons. The van der Waals surface area contributed by atoms with Crippen molar-refractivity contribution < 1.29 is 13.9 Å². The highest BCUT2D eigenvalue weighted by atomic mass is 35.5. The van der Waals surface area contributed by atoms with Gasteiger partial charge in [0.1, 0.15) is 11.5 Å². The second-order valence-corrected chi connectivity index (χ2v) is 6.77. The Labute approximate surface area is 127 Å². The number of hydrogen-bond acceptors (Lipinski definition) is 1. The van der Waals surface area contributed by atoms with Crippen LogP contribution in [0.3, 0.4) is 0 Å². The van der Waals surface area contributed by atoms with Crippen LogP contribution in [-0.2, 0) is 6.42 Å². The van der Waals surface area contributed by atoms with Gasteiger partial charge in [0.2, 0.25) is 0 Å². The van der Waals surface area contributed by atoms with Crippen LogP contribution in [-0.4, -0.2) is 9.67 Å². The average Bonchev–Trinajstić information content (AvgIpc) is 2.70. The van der Waals surface area contributed by atoms with Gasteiger partial charge >= 0.3 is 0 Å². The van der Waals surface area contributed by atoms with E-state index in [2.05, 4.69) is 13.8 Å². The van der Waals surface area contributed by atoms with E-state index >= 15 is 0 Å². The molecule has 2 aromatic rings. The van der Waals surface area contributed by atoms with Gasteiger partial charge in [0, 0.05) is 23.5 Å². The predicted octanol–water partition coefficient (Wildman–Crippen LogP) is 4.41. The van der Waals surface area contributed by atoms with Crippen LogP contribution in [0.1, 0.15) is 37.6 Å². The van der Waals surface area contributed by atoms with E-state index in [1.165, 1.54) is 0 Å². The van der Waals surface area contributed by atoms with Crippen molar-refractivity contribution in [1.82, 2.24) is 4.57 Å². The number of rotatable bonds is 1. The summed E-state index contributed by atoms with van der Waals surface area (Å²) >= 11 is 6.01. The van der Waals surface area contributed by atoms with Gasteiger partial charge in [0.15, 0.2) is 5.82 Å². The zero-order valence-corrected chi connectivity index (χ0v) is 12.6. The summed E-state index contributed by atoms with van der Waals surface area (Å²) in [6.45, 7) is 4.11. The Morgan fingerprint density at radius 1 is 1.33 bits per heavy atom. The molecule has 1 aromatic carbocycles. The minimum atomic E-state index is -0.712. The Kier molecular flexibility index (Phi) is 3.34. The van der Waals surface area contributed by atoms with Crippen molar-refractivity contribution in [2.75, 3.05) is 0 Å². The highest BCUT2D eigenvalue weighted by molar-refractivity contribution is 6.32. The van der Waals surface area contributed by atoms with Crippen molar-refractivity contribution in [1.29, 1.82) is 0 Å². The van der Waals surface area contributed by atoms with Crippen LogP contribution in [0, 0.1) is 17.0 Å². The monoisotopic (exact) mass is 311 g/mol. The largest absolute Gasteiger partial charge is 0.388 e. The van der Waals surface area contributed by atoms with Crippen molar-refractivity contribution in [3.8, 4) is 5.69 Å². The quantitative estimate of drug-likeness (QED) is 0.829. The molecule has 0 spiro atoms. The first-order valence-electron chi connectivity index (χ1n) is 6.81. The third-order valence-corrected chi connectivity index (χ3v) is 4.29. The number of aliphatic hydroxyl groups is 1. The van der Waals surface area contributed by atoms with E-state index in [4.69, 9.17) is 11.6 Å². The second-order valence-electron chi connectivity index (χ2n) is 6.37. The molecule has 0 radical (unpaired) electrons. The third-order valence-electron chi connectivity index (χ3n) is 4.00. The maximum absolute atomic E-state index is 14.1. The lowest BCUT2D eigenvalue weighted by Gasteiger charge is -2.34. The fourth-order valence-electron chi connectivity index (χ4n) is 3.10. The number of nitrogens with zero attached hydrogens (tertiary/aromatic N) is 1. The first-order chi connectivity index (χ1) is 9.78. The highest BCUT2D eigenvalue weighted by Crippen LogP contribution is 2.42. The van der Waals surface area contributed by atoms with Crippen LogP contribution in [0.2, 0.25) is 5.02 Å². The van der Waals surface area contributed by atoms with Crippen molar-refractivity contribution in [3.05, 3.63) is 52.3 Å². The van der Waals surface area contributed by atoms with Crippen LogP contribution in [0.5, 0.6) is 0 Å². The molecule has 0 aliphatic heterocycles. The first kappa shape index (κ1) is 14.5. The SMILES string of the molecule is CC1(C)Cc2c(ccn2-c2c(F)cc(F)cc2Cl)C(O)C1. The molecule has 1 N–H and O–H groups in total. The van der Waals surface area contributed by atoms with Crippen LogP contribution in [0.4, 0.5) is 8.78 Å². The van der Waals surface area contributed by atoms with Gasteiger partial charge in [-0.15, -0.1) is 0 Å². The first-order valence-corrected chi connectivity index (χ1v) is 7.19. The zero-order chi connectivity index (χ0) is 15.4. The van der Waals surface area contributed by atoms with E-state index in [0.717, 1.165) is 23.4 Å². The minimum Gasteiger partial charge on any atom is -0.388 e. The Morgan fingerprint density at radius 3 is 2.71 bits per heavy atom. The summed E-state index contributed by atoms with van der Waals surface area (Å²) in [4.78, 5) is 0. The molecule has 2 nitrogen and oxygen atoms in total. The smallest absolute Gasteiger partial charge is 0.151 e. The van der Waals surface area contributed by atoms with E-state index in [-0.39, 0.29) is 16.1 Å². The van der Waals surface area contributed by atoms with Gasteiger partial charge in [0.25, 0.3) is 0 Å². The topological polar surface area (TPSA) is 25.2 Å². The fourth-order valence-corrected chi connectivity index (χ4v) is 3.39. The number of benzene rings is 1. The molecule has 1 aromatic heterocycles.